The van der Waals surface area contributed by atoms with Crippen LogP contribution in [0, 0.1) is 5.41 Å². The number of amides is 1. The van der Waals surface area contributed by atoms with Gasteiger partial charge >= 0.3 is 5.97 Å². The first-order chi connectivity index (χ1) is 14.6. The minimum atomic E-state index is -0.478. The summed E-state index contributed by atoms with van der Waals surface area (Å²) in [5.41, 5.74) is -0.476. The second kappa shape index (κ2) is 11.5. The number of halogens is 2. The predicted molar refractivity (Wildman–Crippen MR) is 122 cm³/mol. The maximum atomic E-state index is 12.2. The van der Waals surface area contributed by atoms with Gasteiger partial charge in [-0.05, 0) is 36.8 Å². The van der Waals surface area contributed by atoms with E-state index < -0.39 is 11.4 Å². The van der Waals surface area contributed by atoms with Crippen molar-refractivity contribution in [1.82, 2.24) is 5.32 Å². The lowest BCUT2D eigenvalue weighted by Gasteiger charge is -2.17. The summed E-state index contributed by atoms with van der Waals surface area (Å²) in [6, 6.07) is 8.35. The van der Waals surface area contributed by atoms with Gasteiger partial charge in [-0.3, -0.25) is 14.4 Å². The highest BCUT2D eigenvalue weighted by Gasteiger charge is 2.21. The Morgan fingerprint density at radius 1 is 1.10 bits per heavy atom. The topological polar surface area (TPSA) is 81.7 Å². The number of esters is 1. The van der Waals surface area contributed by atoms with E-state index in [4.69, 9.17) is 32.7 Å². The molecule has 0 fully saturated rings. The second-order valence-electron chi connectivity index (χ2n) is 7.81. The molecule has 168 valence electrons. The van der Waals surface area contributed by atoms with Crippen molar-refractivity contribution in [3.8, 4) is 5.75 Å². The van der Waals surface area contributed by atoms with E-state index in [1.807, 2.05) is 20.8 Å². The van der Waals surface area contributed by atoms with Crippen LogP contribution < -0.4 is 10.1 Å². The van der Waals surface area contributed by atoms with E-state index in [1.54, 1.807) is 30.3 Å². The molecular formula is C22H25Cl2NO5S. The highest BCUT2D eigenvalue weighted by molar-refractivity contribution is 7.14. The SMILES string of the molecule is CC(C)(C)C(=O)NCc1ccc(C(=O)COC(=O)CCCOc2ccc(Cl)cc2Cl)s1. The number of thiophene rings is 1. The highest BCUT2D eigenvalue weighted by atomic mass is 35.5. The van der Waals surface area contributed by atoms with Crippen LogP contribution in [-0.4, -0.2) is 30.9 Å². The number of carbonyl (C=O) groups is 3. The summed E-state index contributed by atoms with van der Waals surface area (Å²) in [4.78, 5) is 37.4. The Kier molecular flexibility index (Phi) is 9.34. The quantitative estimate of drug-likeness (QED) is 0.280. The number of ether oxygens (including phenoxy) is 2. The molecule has 0 atom stereocenters. The largest absolute Gasteiger partial charge is 0.492 e. The fraction of sp³-hybridized carbons (Fsp3) is 0.409. The van der Waals surface area contributed by atoms with Gasteiger partial charge in [0.15, 0.2) is 6.61 Å². The zero-order chi connectivity index (χ0) is 23.0. The van der Waals surface area contributed by atoms with Gasteiger partial charge in [-0.1, -0.05) is 44.0 Å². The summed E-state index contributed by atoms with van der Waals surface area (Å²) < 4.78 is 10.6. The minimum Gasteiger partial charge on any atom is -0.492 e. The molecule has 0 aliphatic rings. The molecule has 0 radical (unpaired) electrons. The van der Waals surface area contributed by atoms with Crippen LogP contribution in [0.2, 0.25) is 10.0 Å². The van der Waals surface area contributed by atoms with E-state index in [0.717, 1.165) is 4.88 Å². The van der Waals surface area contributed by atoms with Gasteiger partial charge in [0.1, 0.15) is 5.75 Å². The van der Waals surface area contributed by atoms with Gasteiger partial charge in [-0.2, -0.15) is 0 Å². The molecule has 0 saturated heterocycles. The molecule has 0 spiro atoms. The van der Waals surface area contributed by atoms with Gasteiger partial charge in [-0.25, -0.2) is 0 Å². The lowest BCUT2D eigenvalue weighted by Crippen LogP contribution is -2.34. The Morgan fingerprint density at radius 2 is 1.84 bits per heavy atom. The average Bonchev–Trinajstić information content (AvgIpc) is 3.17. The van der Waals surface area contributed by atoms with Crippen LogP contribution >= 0.6 is 34.5 Å². The lowest BCUT2D eigenvalue weighted by atomic mass is 9.96. The molecule has 31 heavy (non-hydrogen) atoms. The summed E-state index contributed by atoms with van der Waals surface area (Å²) >= 11 is 13.1. The normalized spacial score (nSPS) is 11.1. The van der Waals surface area contributed by atoms with Crippen LogP contribution in [0.3, 0.4) is 0 Å². The number of rotatable bonds is 10. The first kappa shape index (κ1) is 25.2. The third kappa shape index (κ3) is 8.51. The average molecular weight is 486 g/mol. The van der Waals surface area contributed by atoms with Crippen LogP contribution in [0.5, 0.6) is 5.75 Å². The van der Waals surface area contributed by atoms with Crippen molar-refractivity contribution in [3.63, 3.8) is 0 Å². The van der Waals surface area contributed by atoms with E-state index in [-0.39, 0.29) is 31.3 Å². The van der Waals surface area contributed by atoms with Crippen LogP contribution in [-0.2, 0) is 20.9 Å². The molecule has 1 heterocycles. The van der Waals surface area contributed by atoms with E-state index in [9.17, 15) is 14.4 Å². The van der Waals surface area contributed by atoms with Crippen molar-refractivity contribution >= 4 is 52.2 Å². The molecule has 0 bridgehead atoms. The van der Waals surface area contributed by atoms with E-state index >= 15 is 0 Å². The van der Waals surface area contributed by atoms with Gasteiger partial charge in [0.25, 0.3) is 0 Å². The Morgan fingerprint density at radius 3 is 2.52 bits per heavy atom. The zero-order valence-electron chi connectivity index (χ0n) is 17.6. The number of hydrogen-bond acceptors (Lipinski definition) is 6. The zero-order valence-corrected chi connectivity index (χ0v) is 20.0. The highest BCUT2D eigenvalue weighted by Crippen LogP contribution is 2.27. The van der Waals surface area contributed by atoms with Crippen molar-refractivity contribution < 1.29 is 23.9 Å². The van der Waals surface area contributed by atoms with E-state index in [2.05, 4.69) is 5.32 Å². The molecule has 1 N–H and O–H groups in total. The first-order valence-corrected chi connectivity index (χ1v) is 11.3. The van der Waals surface area contributed by atoms with Gasteiger partial charge in [0, 0.05) is 21.7 Å². The van der Waals surface area contributed by atoms with E-state index in [0.29, 0.717) is 33.6 Å². The van der Waals surface area contributed by atoms with Crippen molar-refractivity contribution in [2.24, 2.45) is 5.41 Å². The third-order valence-electron chi connectivity index (χ3n) is 4.08. The van der Waals surface area contributed by atoms with Crippen LogP contribution in [0.4, 0.5) is 0 Å². The molecule has 2 rings (SSSR count). The molecule has 1 aromatic heterocycles. The Labute approximate surface area is 195 Å². The number of hydrogen-bond donors (Lipinski definition) is 1. The Bertz CT molecular complexity index is 936. The first-order valence-electron chi connectivity index (χ1n) is 9.70. The van der Waals surface area contributed by atoms with Crippen molar-refractivity contribution in [2.75, 3.05) is 13.2 Å². The smallest absolute Gasteiger partial charge is 0.306 e. The van der Waals surface area contributed by atoms with Gasteiger partial charge in [-0.15, -0.1) is 11.3 Å². The molecule has 0 aliphatic heterocycles. The van der Waals surface area contributed by atoms with Crippen molar-refractivity contribution in [1.29, 1.82) is 0 Å². The molecule has 0 aliphatic carbocycles. The summed E-state index contributed by atoms with van der Waals surface area (Å²) in [6.45, 7) is 5.80. The Hall–Kier alpha value is -2.09. The standard InChI is InChI=1S/C22H25Cl2NO5S/c1-22(2,3)21(28)25-12-15-7-9-19(31-15)17(26)13-30-20(27)5-4-10-29-18-8-6-14(23)11-16(18)24/h6-9,11H,4-5,10,12-13H2,1-3H3,(H,25,28). The number of ketones is 1. The van der Waals surface area contributed by atoms with Gasteiger partial charge < -0.3 is 14.8 Å². The molecule has 9 heteroatoms. The molecule has 0 saturated carbocycles. The summed E-state index contributed by atoms with van der Waals surface area (Å²) in [6.07, 6.45) is 0.537. The summed E-state index contributed by atoms with van der Waals surface area (Å²) in [5.74, 6) is -0.337. The number of carbonyl (C=O) groups excluding carboxylic acids is 3. The molecule has 0 unspecified atom stereocenters. The van der Waals surface area contributed by atoms with Crippen molar-refractivity contribution in [2.45, 2.75) is 40.2 Å². The number of benzene rings is 1. The van der Waals surface area contributed by atoms with Crippen LogP contribution in [0.25, 0.3) is 0 Å². The molecular weight excluding hydrogens is 461 g/mol. The summed E-state index contributed by atoms with van der Waals surface area (Å²) in [7, 11) is 0. The van der Waals surface area contributed by atoms with Gasteiger partial charge in [0.2, 0.25) is 11.7 Å². The second-order valence-corrected chi connectivity index (χ2v) is 9.82. The maximum Gasteiger partial charge on any atom is 0.306 e. The predicted octanol–water partition coefficient (Wildman–Crippen LogP) is 5.30. The molecule has 1 amide bonds. The molecule has 6 nitrogen and oxygen atoms in total. The van der Waals surface area contributed by atoms with Crippen LogP contribution in [0.15, 0.2) is 30.3 Å². The Balaban J connectivity index is 1.68. The summed E-state index contributed by atoms with van der Waals surface area (Å²) in [5, 5.41) is 3.75. The molecule has 2 aromatic rings. The number of Topliss-reactive ketones (excluding diaryl/α,β-unsaturated/α-hetero) is 1. The van der Waals surface area contributed by atoms with Gasteiger partial charge in [0.05, 0.1) is 23.1 Å². The molecule has 1 aromatic carbocycles. The third-order valence-corrected chi connectivity index (χ3v) is 5.74. The minimum absolute atomic E-state index is 0.0648. The van der Waals surface area contributed by atoms with Crippen molar-refractivity contribution in [3.05, 3.63) is 50.1 Å². The lowest BCUT2D eigenvalue weighted by molar-refractivity contribution is -0.142. The van der Waals surface area contributed by atoms with Crippen LogP contribution in [0.1, 0.15) is 48.2 Å². The fourth-order valence-corrected chi connectivity index (χ4v) is 3.67. The van der Waals surface area contributed by atoms with E-state index in [1.165, 1.54) is 11.3 Å². The monoisotopic (exact) mass is 485 g/mol. The fourth-order valence-electron chi connectivity index (χ4n) is 2.34. The number of nitrogens with one attached hydrogen (secondary N) is 1. The maximum absolute atomic E-state index is 12.2.